The third kappa shape index (κ3) is 3.50. The van der Waals surface area contributed by atoms with Gasteiger partial charge < -0.3 is 10.6 Å². The van der Waals surface area contributed by atoms with Gasteiger partial charge in [0.25, 0.3) is 0 Å². The van der Waals surface area contributed by atoms with Crippen molar-refractivity contribution in [1.29, 1.82) is 0 Å². The minimum absolute atomic E-state index is 0.132. The van der Waals surface area contributed by atoms with E-state index >= 15 is 0 Å². The van der Waals surface area contributed by atoms with E-state index in [-0.39, 0.29) is 5.91 Å². The molecule has 0 aliphatic carbocycles. The van der Waals surface area contributed by atoms with Crippen molar-refractivity contribution < 1.29 is 4.79 Å². The third-order valence-electron chi connectivity index (χ3n) is 3.18. The van der Waals surface area contributed by atoms with E-state index in [4.69, 9.17) is 0 Å². The minimum Gasteiger partial charge on any atom is -0.355 e. The van der Waals surface area contributed by atoms with Crippen LogP contribution in [0.25, 0.3) is 0 Å². The van der Waals surface area contributed by atoms with Crippen LogP contribution in [0, 0.1) is 0 Å². The van der Waals surface area contributed by atoms with Crippen LogP contribution in [-0.2, 0) is 11.2 Å². The fourth-order valence-electron chi connectivity index (χ4n) is 2.18. The second kappa shape index (κ2) is 6.81. The van der Waals surface area contributed by atoms with Gasteiger partial charge in [-0.25, -0.2) is 0 Å². The molecule has 1 aliphatic rings. The highest BCUT2D eigenvalue weighted by molar-refractivity contribution is 7.99. The molecule has 1 amide bonds. The molecule has 98 valence electrons. The van der Waals surface area contributed by atoms with E-state index < -0.39 is 0 Å². The minimum atomic E-state index is 0.132. The molecule has 3 nitrogen and oxygen atoms in total. The SMILES string of the molecule is CNCCC(=O)NCC1SCCc2ccccc21. The van der Waals surface area contributed by atoms with E-state index in [2.05, 4.69) is 34.9 Å². The zero-order valence-electron chi connectivity index (χ0n) is 10.7. The number of nitrogens with one attached hydrogen (secondary N) is 2. The van der Waals surface area contributed by atoms with Crippen LogP contribution >= 0.6 is 11.8 Å². The van der Waals surface area contributed by atoms with Gasteiger partial charge in [0.15, 0.2) is 0 Å². The Bertz CT molecular complexity index is 409. The van der Waals surface area contributed by atoms with E-state index in [9.17, 15) is 4.79 Å². The lowest BCUT2D eigenvalue weighted by Crippen LogP contribution is -2.30. The Morgan fingerprint density at radius 3 is 3.11 bits per heavy atom. The number of thioether (sulfide) groups is 1. The molecule has 1 atom stereocenters. The predicted octanol–water partition coefficient (Wildman–Crippen LogP) is 1.74. The Morgan fingerprint density at radius 2 is 2.28 bits per heavy atom. The summed E-state index contributed by atoms with van der Waals surface area (Å²) in [5, 5.41) is 6.43. The predicted molar refractivity (Wildman–Crippen MR) is 76.9 cm³/mol. The van der Waals surface area contributed by atoms with Gasteiger partial charge in [0.05, 0.1) is 0 Å². The summed E-state index contributed by atoms with van der Waals surface area (Å²) in [4.78, 5) is 11.6. The van der Waals surface area contributed by atoms with Crippen LogP contribution in [0.5, 0.6) is 0 Å². The van der Waals surface area contributed by atoms with E-state index in [1.54, 1.807) is 0 Å². The van der Waals surface area contributed by atoms with Crippen molar-refractivity contribution in [3.63, 3.8) is 0 Å². The molecule has 4 heteroatoms. The maximum atomic E-state index is 11.6. The topological polar surface area (TPSA) is 41.1 Å². The largest absolute Gasteiger partial charge is 0.355 e. The van der Waals surface area contributed by atoms with Crippen LogP contribution in [0.15, 0.2) is 24.3 Å². The summed E-state index contributed by atoms with van der Waals surface area (Å²) in [7, 11) is 1.86. The van der Waals surface area contributed by atoms with E-state index in [1.165, 1.54) is 11.1 Å². The maximum absolute atomic E-state index is 11.6. The quantitative estimate of drug-likeness (QED) is 0.851. The fraction of sp³-hybridized carbons (Fsp3) is 0.500. The second-order valence-electron chi connectivity index (χ2n) is 4.47. The number of fused-ring (bicyclic) bond motifs is 1. The molecule has 2 N–H and O–H groups in total. The van der Waals surface area contributed by atoms with Gasteiger partial charge in [-0.2, -0.15) is 11.8 Å². The van der Waals surface area contributed by atoms with Crippen molar-refractivity contribution >= 4 is 17.7 Å². The van der Waals surface area contributed by atoms with Gasteiger partial charge in [-0.3, -0.25) is 4.79 Å². The molecule has 1 aromatic carbocycles. The zero-order chi connectivity index (χ0) is 12.8. The molecule has 0 fully saturated rings. The molecule has 2 rings (SSSR count). The van der Waals surface area contributed by atoms with Gasteiger partial charge in [0.2, 0.25) is 5.91 Å². The first-order chi connectivity index (χ1) is 8.81. The Labute approximate surface area is 113 Å². The van der Waals surface area contributed by atoms with E-state index in [0.29, 0.717) is 11.7 Å². The Balaban J connectivity index is 1.89. The number of benzene rings is 1. The number of hydrogen-bond donors (Lipinski definition) is 2. The highest BCUT2D eigenvalue weighted by Gasteiger charge is 2.20. The highest BCUT2D eigenvalue weighted by Crippen LogP contribution is 2.35. The normalized spacial score (nSPS) is 18.2. The Kier molecular flexibility index (Phi) is 5.08. The van der Waals surface area contributed by atoms with Crippen LogP contribution in [-0.4, -0.2) is 31.8 Å². The van der Waals surface area contributed by atoms with Crippen LogP contribution in [0.2, 0.25) is 0 Å². The zero-order valence-corrected chi connectivity index (χ0v) is 11.6. The van der Waals surface area contributed by atoms with Crippen molar-refractivity contribution in [3.05, 3.63) is 35.4 Å². The Morgan fingerprint density at radius 1 is 1.44 bits per heavy atom. The van der Waals surface area contributed by atoms with E-state index in [0.717, 1.165) is 25.3 Å². The molecule has 1 aromatic rings. The summed E-state index contributed by atoms with van der Waals surface area (Å²) in [6.07, 6.45) is 1.70. The van der Waals surface area contributed by atoms with Gasteiger partial charge in [0.1, 0.15) is 0 Å². The smallest absolute Gasteiger partial charge is 0.221 e. The Hall–Kier alpha value is -1.00. The van der Waals surface area contributed by atoms with Crippen molar-refractivity contribution in [2.24, 2.45) is 0 Å². The fourth-order valence-corrected chi connectivity index (χ4v) is 3.41. The maximum Gasteiger partial charge on any atom is 0.221 e. The number of carbonyl (C=O) groups excluding carboxylic acids is 1. The number of amides is 1. The molecule has 0 bridgehead atoms. The molecule has 0 aromatic heterocycles. The summed E-state index contributed by atoms with van der Waals surface area (Å²) in [5.74, 6) is 1.28. The average molecular weight is 264 g/mol. The lowest BCUT2D eigenvalue weighted by molar-refractivity contribution is -0.120. The standard InChI is InChI=1S/C14H20N2OS/c1-15-8-6-14(17)16-10-13-12-5-3-2-4-11(12)7-9-18-13/h2-5,13,15H,6-10H2,1H3,(H,16,17). The molecule has 0 saturated carbocycles. The second-order valence-corrected chi connectivity index (χ2v) is 5.78. The van der Waals surface area contributed by atoms with Gasteiger partial charge >= 0.3 is 0 Å². The molecular weight excluding hydrogens is 244 g/mol. The number of carbonyl (C=O) groups is 1. The summed E-state index contributed by atoms with van der Waals surface area (Å²) < 4.78 is 0. The van der Waals surface area contributed by atoms with Gasteiger partial charge in [-0.1, -0.05) is 24.3 Å². The van der Waals surface area contributed by atoms with Crippen LogP contribution < -0.4 is 10.6 Å². The first-order valence-corrected chi connectivity index (χ1v) is 7.47. The summed E-state index contributed by atoms with van der Waals surface area (Å²) in [5.41, 5.74) is 2.83. The molecular formula is C14H20N2OS. The number of aryl methyl sites for hydroxylation is 1. The molecule has 1 heterocycles. The molecule has 0 saturated heterocycles. The molecule has 1 aliphatic heterocycles. The van der Waals surface area contributed by atoms with Crippen LogP contribution in [0.1, 0.15) is 22.8 Å². The molecule has 0 spiro atoms. The average Bonchev–Trinajstić information content (AvgIpc) is 2.42. The van der Waals surface area contributed by atoms with Crippen LogP contribution in [0.3, 0.4) is 0 Å². The van der Waals surface area contributed by atoms with Gasteiger partial charge in [0, 0.05) is 24.8 Å². The van der Waals surface area contributed by atoms with Gasteiger partial charge in [-0.05, 0) is 30.3 Å². The summed E-state index contributed by atoms with van der Waals surface area (Å²) in [6.45, 7) is 1.48. The number of rotatable bonds is 5. The lowest BCUT2D eigenvalue weighted by Gasteiger charge is -2.25. The monoisotopic (exact) mass is 264 g/mol. The molecule has 18 heavy (non-hydrogen) atoms. The highest BCUT2D eigenvalue weighted by atomic mass is 32.2. The van der Waals surface area contributed by atoms with Crippen molar-refractivity contribution in [2.45, 2.75) is 18.1 Å². The van der Waals surface area contributed by atoms with Crippen molar-refractivity contribution in [2.75, 3.05) is 25.9 Å². The first kappa shape index (κ1) is 13.4. The van der Waals surface area contributed by atoms with Crippen molar-refractivity contribution in [3.8, 4) is 0 Å². The van der Waals surface area contributed by atoms with Gasteiger partial charge in [-0.15, -0.1) is 0 Å². The number of hydrogen-bond acceptors (Lipinski definition) is 3. The third-order valence-corrected chi connectivity index (χ3v) is 4.44. The van der Waals surface area contributed by atoms with Crippen molar-refractivity contribution in [1.82, 2.24) is 10.6 Å². The van der Waals surface area contributed by atoms with E-state index in [1.807, 2.05) is 18.8 Å². The molecule has 0 radical (unpaired) electrons. The summed E-state index contributed by atoms with van der Waals surface area (Å²) in [6, 6.07) is 8.56. The first-order valence-electron chi connectivity index (χ1n) is 6.42. The summed E-state index contributed by atoms with van der Waals surface area (Å²) >= 11 is 1.94. The van der Waals surface area contributed by atoms with Crippen LogP contribution in [0.4, 0.5) is 0 Å². The molecule has 1 unspecified atom stereocenters. The lowest BCUT2D eigenvalue weighted by atomic mass is 10.0.